The van der Waals surface area contributed by atoms with Crippen LogP contribution >= 0.6 is 0 Å². The van der Waals surface area contributed by atoms with E-state index in [1.165, 1.54) is 6.42 Å². The highest BCUT2D eigenvalue weighted by Crippen LogP contribution is 2.29. The molecular formula is C24H30N4O3. The third-order valence-corrected chi connectivity index (χ3v) is 6.10. The number of hydrogen-bond donors (Lipinski definition) is 0. The van der Waals surface area contributed by atoms with Gasteiger partial charge in [0.15, 0.2) is 12.4 Å². The van der Waals surface area contributed by atoms with Crippen molar-refractivity contribution in [3.05, 3.63) is 53.6 Å². The Bertz CT molecular complexity index is 912. The van der Waals surface area contributed by atoms with E-state index in [0.29, 0.717) is 29.4 Å². The van der Waals surface area contributed by atoms with Gasteiger partial charge in [0.25, 0.3) is 11.8 Å². The van der Waals surface area contributed by atoms with Crippen molar-refractivity contribution in [2.75, 3.05) is 26.2 Å². The molecule has 2 amide bonds. The molecule has 0 spiro atoms. The molecule has 0 N–H and O–H groups in total. The summed E-state index contributed by atoms with van der Waals surface area (Å²) in [5.41, 5.74) is 1.24. The van der Waals surface area contributed by atoms with Gasteiger partial charge < -0.3 is 14.5 Å². The van der Waals surface area contributed by atoms with Crippen LogP contribution < -0.4 is 4.74 Å². The molecule has 7 heteroatoms. The summed E-state index contributed by atoms with van der Waals surface area (Å²) < 4.78 is 5.66. The third kappa shape index (κ3) is 5.03. The Morgan fingerprint density at radius 3 is 2.52 bits per heavy atom. The average Bonchev–Trinajstić information content (AvgIpc) is 2.83. The fraction of sp³-hybridized carbons (Fsp3) is 0.500. The summed E-state index contributed by atoms with van der Waals surface area (Å²) >= 11 is 0. The molecule has 2 aromatic rings. The largest absolute Gasteiger partial charge is 0.484 e. The number of carbonyl (C=O) groups is 2. The van der Waals surface area contributed by atoms with Gasteiger partial charge in [0.1, 0.15) is 5.75 Å². The van der Waals surface area contributed by atoms with Crippen molar-refractivity contribution in [3.63, 3.8) is 0 Å². The van der Waals surface area contributed by atoms with E-state index in [4.69, 9.17) is 4.74 Å². The minimum atomic E-state index is -0.182. The van der Waals surface area contributed by atoms with Crippen molar-refractivity contribution in [1.29, 1.82) is 0 Å². The van der Waals surface area contributed by atoms with Crippen LogP contribution in [0.2, 0.25) is 0 Å². The fourth-order valence-electron chi connectivity index (χ4n) is 4.37. The maximum absolute atomic E-state index is 12.9. The van der Waals surface area contributed by atoms with Crippen molar-refractivity contribution < 1.29 is 14.3 Å². The molecule has 4 rings (SSSR count). The summed E-state index contributed by atoms with van der Waals surface area (Å²) in [5.74, 6) is 1.23. The van der Waals surface area contributed by atoms with Crippen molar-refractivity contribution in [1.82, 2.24) is 19.8 Å². The van der Waals surface area contributed by atoms with Crippen LogP contribution in [0, 0.1) is 6.92 Å². The predicted molar refractivity (Wildman–Crippen MR) is 117 cm³/mol. The molecule has 2 fully saturated rings. The molecule has 1 aromatic carbocycles. The number of carbonyl (C=O) groups excluding carboxylic acids is 2. The van der Waals surface area contributed by atoms with Gasteiger partial charge in [-0.2, -0.15) is 0 Å². The summed E-state index contributed by atoms with van der Waals surface area (Å²) in [6.07, 6.45) is 7.71. The van der Waals surface area contributed by atoms with Crippen LogP contribution in [0.3, 0.4) is 0 Å². The number of aryl methyl sites for hydroxylation is 1. The molecule has 31 heavy (non-hydrogen) atoms. The van der Waals surface area contributed by atoms with Crippen LogP contribution in [-0.4, -0.2) is 57.8 Å². The number of likely N-dealkylation sites (tertiary alicyclic amines) is 2. The van der Waals surface area contributed by atoms with E-state index in [0.717, 1.165) is 45.2 Å². The highest BCUT2D eigenvalue weighted by atomic mass is 16.5. The topological polar surface area (TPSA) is 75.6 Å². The zero-order valence-electron chi connectivity index (χ0n) is 18.1. The Balaban J connectivity index is 1.46. The first-order valence-electron chi connectivity index (χ1n) is 11.2. The Labute approximate surface area is 183 Å². The van der Waals surface area contributed by atoms with Crippen LogP contribution in [-0.2, 0) is 4.79 Å². The van der Waals surface area contributed by atoms with E-state index < -0.39 is 0 Å². The number of amides is 2. The number of rotatable bonds is 5. The standard InChI is InChI=1S/C24H30N4O3/c1-18-20(24(30)27-13-7-3-8-14-27)16-25-23(26-18)21-12-6-9-15-28(21)22(29)17-31-19-10-4-2-5-11-19/h2,4-5,10-11,16,21H,3,6-9,12-15,17H2,1H3/t21-/m0/s1. The second-order valence-electron chi connectivity index (χ2n) is 8.28. The Hall–Kier alpha value is -2.96. The summed E-state index contributed by atoms with van der Waals surface area (Å²) in [7, 11) is 0. The van der Waals surface area contributed by atoms with Crippen molar-refractivity contribution in [2.24, 2.45) is 0 Å². The lowest BCUT2D eigenvalue weighted by Crippen LogP contribution is -2.42. The molecule has 2 aliphatic heterocycles. The van der Waals surface area contributed by atoms with E-state index >= 15 is 0 Å². The Morgan fingerprint density at radius 2 is 1.77 bits per heavy atom. The summed E-state index contributed by atoms with van der Waals surface area (Å²) in [6, 6.07) is 9.17. The molecule has 0 bridgehead atoms. The molecule has 1 aromatic heterocycles. The molecule has 0 aliphatic carbocycles. The maximum atomic E-state index is 12.9. The quantitative estimate of drug-likeness (QED) is 0.737. The van der Waals surface area contributed by atoms with E-state index in [-0.39, 0.29) is 24.5 Å². The Morgan fingerprint density at radius 1 is 1.03 bits per heavy atom. The van der Waals surface area contributed by atoms with Gasteiger partial charge in [-0.3, -0.25) is 9.59 Å². The van der Waals surface area contributed by atoms with Gasteiger partial charge in [-0.15, -0.1) is 0 Å². The van der Waals surface area contributed by atoms with Crippen molar-refractivity contribution in [3.8, 4) is 5.75 Å². The van der Waals surface area contributed by atoms with Gasteiger partial charge in [-0.25, -0.2) is 9.97 Å². The number of para-hydroxylation sites is 1. The molecule has 0 saturated carbocycles. The van der Waals surface area contributed by atoms with Gasteiger partial charge in [-0.1, -0.05) is 18.2 Å². The van der Waals surface area contributed by atoms with Crippen LogP contribution in [0.15, 0.2) is 36.5 Å². The molecule has 7 nitrogen and oxygen atoms in total. The highest BCUT2D eigenvalue weighted by Gasteiger charge is 2.31. The molecule has 0 radical (unpaired) electrons. The molecular weight excluding hydrogens is 392 g/mol. The lowest BCUT2D eigenvalue weighted by atomic mass is 10.0. The van der Waals surface area contributed by atoms with E-state index in [1.807, 2.05) is 47.1 Å². The van der Waals surface area contributed by atoms with Crippen molar-refractivity contribution >= 4 is 11.8 Å². The predicted octanol–water partition coefficient (Wildman–Crippen LogP) is 3.54. The SMILES string of the molecule is Cc1nc([C@@H]2CCCCN2C(=O)COc2ccccc2)ncc1C(=O)N1CCCCC1. The summed E-state index contributed by atoms with van der Waals surface area (Å²) in [5, 5.41) is 0. The van der Waals surface area contributed by atoms with Gasteiger partial charge in [-0.05, 0) is 57.6 Å². The number of nitrogens with zero attached hydrogens (tertiary/aromatic N) is 4. The lowest BCUT2D eigenvalue weighted by molar-refractivity contribution is -0.137. The second kappa shape index (κ2) is 9.90. The number of piperidine rings is 2. The smallest absolute Gasteiger partial charge is 0.261 e. The lowest BCUT2D eigenvalue weighted by Gasteiger charge is -2.35. The number of benzene rings is 1. The van der Waals surface area contributed by atoms with Crippen LogP contribution in [0.4, 0.5) is 0 Å². The molecule has 0 unspecified atom stereocenters. The zero-order chi connectivity index (χ0) is 21.6. The average molecular weight is 423 g/mol. The highest BCUT2D eigenvalue weighted by molar-refractivity contribution is 5.95. The first kappa shape index (κ1) is 21.3. The first-order chi connectivity index (χ1) is 15.1. The van der Waals surface area contributed by atoms with Gasteiger partial charge in [0, 0.05) is 25.8 Å². The number of hydrogen-bond acceptors (Lipinski definition) is 5. The van der Waals surface area contributed by atoms with Crippen LogP contribution in [0.1, 0.15) is 66.4 Å². The summed E-state index contributed by atoms with van der Waals surface area (Å²) in [6.45, 7) is 4.11. The van der Waals surface area contributed by atoms with E-state index in [9.17, 15) is 9.59 Å². The van der Waals surface area contributed by atoms with E-state index in [2.05, 4.69) is 9.97 Å². The fourth-order valence-corrected chi connectivity index (χ4v) is 4.37. The third-order valence-electron chi connectivity index (χ3n) is 6.10. The molecule has 2 aliphatic rings. The maximum Gasteiger partial charge on any atom is 0.261 e. The van der Waals surface area contributed by atoms with Gasteiger partial charge >= 0.3 is 0 Å². The first-order valence-corrected chi connectivity index (χ1v) is 11.2. The van der Waals surface area contributed by atoms with Crippen LogP contribution in [0.5, 0.6) is 5.75 Å². The van der Waals surface area contributed by atoms with Crippen molar-refractivity contribution in [2.45, 2.75) is 51.5 Å². The minimum absolute atomic E-state index is 0.00890. The molecule has 3 heterocycles. The normalized spacial score (nSPS) is 19.2. The zero-order valence-corrected chi connectivity index (χ0v) is 18.1. The number of ether oxygens (including phenoxy) is 1. The summed E-state index contributed by atoms with van der Waals surface area (Å²) in [4.78, 5) is 38.7. The van der Waals surface area contributed by atoms with Gasteiger partial charge in [0.2, 0.25) is 0 Å². The second-order valence-corrected chi connectivity index (χ2v) is 8.28. The number of aromatic nitrogens is 2. The monoisotopic (exact) mass is 422 g/mol. The molecule has 164 valence electrons. The Kier molecular flexibility index (Phi) is 6.79. The molecule has 1 atom stereocenters. The van der Waals surface area contributed by atoms with E-state index in [1.54, 1.807) is 6.20 Å². The van der Waals surface area contributed by atoms with Gasteiger partial charge in [0.05, 0.1) is 17.3 Å². The minimum Gasteiger partial charge on any atom is -0.484 e. The molecule has 2 saturated heterocycles. The van der Waals surface area contributed by atoms with Crippen LogP contribution in [0.25, 0.3) is 0 Å².